The highest BCUT2D eigenvalue weighted by Crippen LogP contribution is 2.34. The third-order valence-electron chi connectivity index (χ3n) is 5.07. The number of anilines is 1. The maximum Gasteiger partial charge on any atom is 0.408 e. The molecule has 0 saturated carbocycles. The average Bonchev–Trinajstić information content (AvgIpc) is 3.27. The molecule has 1 atom stereocenters. The van der Waals surface area contributed by atoms with Crippen LogP contribution in [0.4, 0.5) is 23.7 Å². The van der Waals surface area contributed by atoms with E-state index >= 15 is 0 Å². The zero-order valence-corrected chi connectivity index (χ0v) is 20.1. The molecule has 0 unspecified atom stereocenters. The van der Waals surface area contributed by atoms with E-state index in [2.05, 4.69) is 15.5 Å². The number of ether oxygens (including phenoxy) is 2. The lowest BCUT2D eigenvalue weighted by atomic mass is 10.0. The molecule has 2 amide bonds. The number of nitrogens with zero attached hydrogens (tertiary/aromatic N) is 4. The van der Waals surface area contributed by atoms with Gasteiger partial charge in [-0.1, -0.05) is 27.7 Å². The number of hydrogen-bond acceptors (Lipinski definition) is 7. The van der Waals surface area contributed by atoms with E-state index in [1.54, 1.807) is 27.7 Å². The van der Waals surface area contributed by atoms with E-state index < -0.39 is 34.7 Å². The fraction of sp³-hybridized carbons (Fsp3) is 0.632. The second-order valence-corrected chi connectivity index (χ2v) is 10.1. The van der Waals surface area contributed by atoms with Gasteiger partial charge in [0.2, 0.25) is 5.88 Å². The van der Waals surface area contributed by atoms with Crippen LogP contribution in [0.2, 0.25) is 0 Å². The van der Waals surface area contributed by atoms with Gasteiger partial charge in [-0.3, -0.25) is 4.68 Å². The highest BCUT2D eigenvalue weighted by Gasteiger charge is 2.34. The quantitative estimate of drug-likeness (QED) is 0.588. The number of rotatable bonds is 7. The highest BCUT2D eigenvalue weighted by molar-refractivity contribution is 7.90. The summed E-state index contributed by atoms with van der Waals surface area (Å²) in [4.78, 5) is 12.3. The van der Waals surface area contributed by atoms with E-state index in [0.717, 1.165) is 10.9 Å². The Hall–Kier alpha value is -2.81. The van der Waals surface area contributed by atoms with Gasteiger partial charge in [0.25, 0.3) is 10.0 Å². The van der Waals surface area contributed by atoms with Gasteiger partial charge in [-0.2, -0.15) is 23.4 Å². The molecule has 0 bridgehead atoms. The largest absolute Gasteiger partial charge is 0.474 e. The van der Waals surface area contributed by atoms with Gasteiger partial charge in [0, 0.05) is 7.11 Å². The summed E-state index contributed by atoms with van der Waals surface area (Å²) in [6, 6.07) is -1.15. The number of amides is 2. The number of halogens is 3. The van der Waals surface area contributed by atoms with Crippen LogP contribution in [0.3, 0.4) is 0 Å². The first-order valence-electron chi connectivity index (χ1n) is 10.5. The summed E-state index contributed by atoms with van der Waals surface area (Å²) in [6.45, 7) is 5.73. The SMILES string of the molecule is CO[C@@H]1COc2c(S(=O)(=O)NC(=O)Nc3c(C(C)C)nn(CC(F)(F)F)c3C(C)C)cnn2C1. The summed E-state index contributed by atoms with van der Waals surface area (Å²) in [6.07, 6.45) is -3.80. The summed E-state index contributed by atoms with van der Waals surface area (Å²) in [5, 5.41) is 10.4. The van der Waals surface area contributed by atoms with E-state index in [-0.39, 0.29) is 53.0 Å². The molecule has 11 nitrogen and oxygen atoms in total. The molecule has 2 aromatic rings. The molecule has 1 aliphatic rings. The molecule has 0 saturated heterocycles. The van der Waals surface area contributed by atoms with Crippen LogP contribution in [-0.2, 0) is 27.8 Å². The lowest BCUT2D eigenvalue weighted by Gasteiger charge is -2.23. The molecule has 0 radical (unpaired) electrons. The molecule has 34 heavy (non-hydrogen) atoms. The van der Waals surface area contributed by atoms with Crippen molar-refractivity contribution in [1.82, 2.24) is 24.3 Å². The smallest absolute Gasteiger partial charge is 0.408 e. The molecule has 15 heteroatoms. The van der Waals surface area contributed by atoms with Crippen molar-refractivity contribution >= 4 is 21.7 Å². The lowest BCUT2D eigenvalue weighted by molar-refractivity contribution is -0.143. The van der Waals surface area contributed by atoms with Gasteiger partial charge in [-0.15, -0.1) is 0 Å². The lowest BCUT2D eigenvalue weighted by Crippen LogP contribution is -2.36. The van der Waals surface area contributed by atoms with Gasteiger partial charge in [-0.25, -0.2) is 22.6 Å². The molecule has 0 aliphatic carbocycles. The van der Waals surface area contributed by atoms with Crippen LogP contribution in [0, 0.1) is 0 Å². The molecule has 0 spiro atoms. The van der Waals surface area contributed by atoms with E-state index in [0.29, 0.717) is 0 Å². The van der Waals surface area contributed by atoms with Crippen molar-refractivity contribution in [1.29, 1.82) is 0 Å². The predicted molar refractivity (Wildman–Crippen MR) is 114 cm³/mol. The minimum Gasteiger partial charge on any atom is -0.474 e. The van der Waals surface area contributed by atoms with Crippen LogP contribution in [0.15, 0.2) is 11.1 Å². The van der Waals surface area contributed by atoms with Gasteiger partial charge in [0.05, 0.1) is 29.8 Å². The highest BCUT2D eigenvalue weighted by atomic mass is 32.2. The summed E-state index contributed by atoms with van der Waals surface area (Å²) < 4.78 is 79.5. The maximum atomic E-state index is 13.1. The van der Waals surface area contributed by atoms with E-state index in [1.165, 1.54) is 11.8 Å². The Balaban J connectivity index is 1.88. The number of carbonyl (C=O) groups is 1. The maximum absolute atomic E-state index is 13.1. The first-order chi connectivity index (χ1) is 15.7. The van der Waals surface area contributed by atoms with Crippen molar-refractivity contribution in [3.8, 4) is 5.88 Å². The van der Waals surface area contributed by atoms with Gasteiger partial charge >= 0.3 is 12.2 Å². The molecule has 1 aliphatic heterocycles. The van der Waals surface area contributed by atoms with Gasteiger partial charge < -0.3 is 14.8 Å². The van der Waals surface area contributed by atoms with Crippen LogP contribution in [0.25, 0.3) is 0 Å². The molecule has 3 heterocycles. The van der Waals surface area contributed by atoms with Crippen molar-refractivity contribution in [3.63, 3.8) is 0 Å². The Bertz CT molecular complexity index is 1160. The second-order valence-electron chi connectivity index (χ2n) is 8.45. The summed E-state index contributed by atoms with van der Waals surface area (Å²) in [5.41, 5.74) is 0.376. The molecule has 0 aromatic carbocycles. The number of sulfonamides is 1. The number of carbonyl (C=O) groups excluding carboxylic acids is 1. The topological polar surface area (TPSA) is 129 Å². The van der Waals surface area contributed by atoms with Gasteiger partial charge in [0.1, 0.15) is 19.3 Å². The zero-order chi connectivity index (χ0) is 25.4. The number of aromatic nitrogens is 4. The minimum absolute atomic E-state index is 0.0400. The molecule has 0 fully saturated rings. The first kappa shape index (κ1) is 25.8. The van der Waals surface area contributed by atoms with E-state index in [4.69, 9.17) is 9.47 Å². The molecule has 2 aromatic heterocycles. The number of alkyl halides is 3. The summed E-state index contributed by atoms with van der Waals surface area (Å²) in [5.74, 6) is -0.833. The molecule has 3 rings (SSSR count). The van der Waals surface area contributed by atoms with E-state index in [1.807, 2.05) is 4.72 Å². The second kappa shape index (κ2) is 9.44. The Morgan fingerprint density at radius 1 is 1.29 bits per heavy atom. The van der Waals surface area contributed by atoms with Crippen molar-refractivity contribution in [3.05, 3.63) is 17.6 Å². The van der Waals surface area contributed by atoms with Crippen molar-refractivity contribution in [2.24, 2.45) is 0 Å². The van der Waals surface area contributed by atoms with Crippen molar-refractivity contribution in [2.75, 3.05) is 19.0 Å². The Kier molecular flexibility index (Phi) is 7.17. The first-order valence-corrected chi connectivity index (χ1v) is 11.9. The van der Waals surface area contributed by atoms with Crippen molar-refractivity contribution in [2.45, 2.75) is 69.8 Å². The Labute approximate surface area is 194 Å². The fourth-order valence-corrected chi connectivity index (χ4v) is 4.58. The van der Waals surface area contributed by atoms with Crippen LogP contribution < -0.4 is 14.8 Å². The number of methoxy groups -OCH3 is 1. The van der Waals surface area contributed by atoms with E-state index in [9.17, 15) is 26.4 Å². The third kappa shape index (κ3) is 5.46. The van der Waals surface area contributed by atoms with Crippen LogP contribution in [0.1, 0.15) is 50.9 Å². The average molecular weight is 509 g/mol. The molecule has 2 N–H and O–H groups in total. The Morgan fingerprint density at radius 3 is 2.53 bits per heavy atom. The summed E-state index contributed by atoms with van der Waals surface area (Å²) in [7, 11) is -2.92. The summed E-state index contributed by atoms with van der Waals surface area (Å²) >= 11 is 0. The molecular formula is C19H27F3N6O5S. The van der Waals surface area contributed by atoms with Crippen LogP contribution in [0.5, 0.6) is 5.88 Å². The number of nitrogens with one attached hydrogen (secondary N) is 2. The monoisotopic (exact) mass is 508 g/mol. The predicted octanol–water partition coefficient (Wildman–Crippen LogP) is 2.81. The molecular weight excluding hydrogens is 481 g/mol. The minimum atomic E-state index is -4.53. The molecule has 190 valence electrons. The van der Waals surface area contributed by atoms with Crippen LogP contribution >= 0.6 is 0 Å². The van der Waals surface area contributed by atoms with Crippen molar-refractivity contribution < 1.29 is 35.9 Å². The number of hydrogen-bond donors (Lipinski definition) is 2. The van der Waals surface area contributed by atoms with Crippen LogP contribution in [-0.4, -0.2) is 60.0 Å². The standard InChI is InChI=1S/C19H27F3N6O5S/c1-10(2)14-15(16(11(3)4)28(25-14)9-19(20,21)22)24-18(29)26-34(30,31)13-6-23-27-7-12(32-5)8-33-17(13)27/h6,10-12H,7-9H2,1-5H3,(H2,24,26,29)/t12-/m0/s1. The van der Waals surface area contributed by atoms with Gasteiger partial charge in [0.15, 0.2) is 4.90 Å². The number of fused-ring (bicyclic) bond motifs is 1. The van der Waals surface area contributed by atoms with Gasteiger partial charge in [-0.05, 0) is 11.8 Å². The fourth-order valence-electron chi connectivity index (χ4n) is 3.60. The third-order valence-corrected chi connectivity index (χ3v) is 6.39. The Morgan fingerprint density at radius 2 is 1.97 bits per heavy atom. The normalized spacial score (nSPS) is 16.5. The number of urea groups is 1. The zero-order valence-electron chi connectivity index (χ0n) is 19.3.